The van der Waals surface area contributed by atoms with Gasteiger partial charge < -0.3 is 14.0 Å². The molecule has 0 heterocycles. The summed E-state index contributed by atoms with van der Waals surface area (Å²) in [6, 6.07) is 0. The minimum Gasteiger partial charge on any atom is -0.413 e. The highest BCUT2D eigenvalue weighted by atomic mass is 28.4. The fourth-order valence-electron chi connectivity index (χ4n) is 5.50. The largest absolute Gasteiger partial charge is 0.413 e. The van der Waals surface area contributed by atoms with Gasteiger partial charge in [0.25, 0.3) is 0 Å². The van der Waals surface area contributed by atoms with Crippen molar-refractivity contribution in [2.45, 2.75) is 219 Å². The Morgan fingerprint density at radius 1 is 0.523 bits per heavy atom. The highest BCUT2D eigenvalue weighted by Gasteiger charge is 2.41. The van der Waals surface area contributed by atoms with E-state index >= 15 is 0 Å². The number of hydrogen-bond donors (Lipinski definition) is 1. The predicted molar refractivity (Wildman–Crippen MR) is 202 cm³/mol. The van der Waals surface area contributed by atoms with Crippen LogP contribution in [0.4, 0.5) is 0 Å². The number of aliphatic hydroxyl groups excluding tert-OH is 1. The summed E-state index contributed by atoms with van der Waals surface area (Å²) in [6.07, 6.45) is 23.3. The van der Waals surface area contributed by atoms with Gasteiger partial charge in [0, 0.05) is 19.7 Å². The lowest BCUT2D eigenvalue weighted by Crippen LogP contribution is -2.50. The monoisotopic (exact) mass is 658 g/mol. The standard InChI is InChI=1S/C38H83NO3Si2/c1-13-15-17-19-21-25-29-35(41-43(9,10)37(3,4)5)33-39(31-27-23-24-28-32-40)34-36(30-26-22-20-18-16-14-2)42-44(11,12)38(6,7)8/h35-36,40H,13-34H2,1-12H3. The molecule has 266 valence electrons. The molecule has 0 aliphatic heterocycles. The van der Waals surface area contributed by atoms with E-state index in [1.54, 1.807) is 0 Å². The van der Waals surface area contributed by atoms with Crippen molar-refractivity contribution in [3.8, 4) is 0 Å². The Balaban J connectivity index is 5.89. The summed E-state index contributed by atoms with van der Waals surface area (Å²) >= 11 is 0. The van der Waals surface area contributed by atoms with Gasteiger partial charge in [-0.2, -0.15) is 0 Å². The van der Waals surface area contributed by atoms with E-state index in [2.05, 4.69) is 86.5 Å². The average Bonchev–Trinajstić information content (AvgIpc) is 2.90. The lowest BCUT2D eigenvalue weighted by molar-refractivity contribution is 0.0677. The Kier molecular flexibility index (Phi) is 23.7. The lowest BCUT2D eigenvalue weighted by atomic mass is 10.1. The quantitative estimate of drug-likeness (QED) is 0.0671. The molecule has 6 heteroatoms. The molecule has 0 aliphatic rings. The van der Waals surface area contributed by atoms with Gasteiger partial charge in [0.1, 0.15) is 0 Å². The zero-order valence-corrected chi connectivity index (χ0v) is 34.4. The van der Waals surface area contributed by atoms with Crippen LogP contribution < -0.4 is 0 Å². The topological polar surface area (TPSA) is 41.9 Å². The molecule has 0 fully saturated rings. The summed E-state index contributed by atoms with van der Waals surface area (Å²) < 4.78 is 14.4. The summed E-state index contributed by atoms with van der Waals surface area (Å²) in [6.45, 7) is 32.1. The molecule has 0 aromatic heterocycles. The molecule has 1 N–H and O–H groups in total. The normalized spacial score (nSPS) is 14.9. The molecule has 2 unspecified atom stereocenters. The SMILES string of the molecule is CCCCCCCCC(CN(CCCCCCO)CC(CCCCCCCC)O[Si](C)(C)C(C)(C)C)O[Si](C)(C)C(C)(C)C. The summed E-state index contributed by atoms with van der Waals surface area (Å²) in [4.78, 5) is 2.74. The number of hydrogen-bond acceptors (Lipinski definition) is 4. The van der Waals surface area contributed by atoms with Crippen LogP contribution in [-0.4, -0.2) is 65.1 Å². The molecule has 0 spiro atoms. The van der Waals surface area contributed by atoms with Gasteiger partial charge >= 0.3 is 0 Å². The Morgan fingerprint density at radius 3 is 1.23 bits per heavy atom. The average molecular weight is 658 g/mol. The zero-order chi connectivity index (χ0) is 33.7. The van der Waals surface area contributed by atoms with E-state index in [1.807, 2.05) is 0 Å². The third-order valence-electron chi connectivity index (χ3n) is 10.6. The van der Waals surface area contributed by atoms with Crippen molar-refractivity contribution in [3.05, 3.63) is 0 Å². The van der Waals surface area contributed by atoms with Crippen LogP contribution in [0.25, 0.3) is 0 Å². The minimum absolute atomic E-state index is 0.216. The highest BCUT2D eigenvalue weighted by molar-refractivity contribution is 6.74. The maximum Gasteiger partial charge on any atom is 0.192 e. The Hall–Kier alpha value is 0.274. The van der Waals surface area contributed by atoms with E-state index in [1.165, 1.54) is 103 Å². The van der Waals surface area contributed by atoms with Gasteiger partial charge in [-0.15, -0.1) is 0 Å². The van der Waals surface area contributed by atoms with Gasteiger partial charge in [-0.05, 0) is 68.5 Å². The van der Waals surface area contributed by atoms with Gasteiger partial charge in [0.2, 0.25) is 0 Å². The number of rotatable bonds is 28. The van der Waals surface area contributed by atoms with Crippen molar-refractivity contribution in [2.24, 2.45) is 0 Å². The van der Waals surface area contributed by atoms with E-state index in [0.717, 1.165) is 32.5 Å². The Morgan fingerprint density at radius 2 is 0.864 bits per heavy atom. The molecule has 0 bridgehead atoms. The van der Waals surface area contributed by atoms with E-state index < -0.39 is 16.6 Å². The molecule has 2 atom stereocenters. The van der Waals surface area contributed by atoms with E-state index in [4.69, 9.17) is 8.85 Å². The van der Waals surface area contributed by atoms with E-state index in [9.17, 15) is 5.11 Å². The fraction of sp³-hybridized carbons (Fsp3) is 1.00. The molecule has 4 nitrogen and oxygen atoms in total. The summed E-state index contributed by atoms with van der Waals surface area (Å²) in [5, 5.41) is 9.76. The van der Waals surface area contributed by atoms with Crippen molar-refractivity contribution in [2.75, 3.05) is 26.2 Å². The second-order valence-electron chi connectivity index (χ2n) is 17.0. The second kappa shape index (κ2) is 23.6. The van der Waals surface area contributed by atoms with E-state index in [-0.39, 0.29) is 10.1 Å². The van der Waals surface area contributed by atoms with Crippen LogP contribution in [0.3, 0.4) is 0 Å². The first-order valence-electron chi connectivity index (χ1n) is 19.2. The van der Waals surface area contributed by atoms with Gasteiger partial charge in [-0.3, -0.25) is 4.90 Å². The van der Waals surface area contributed by atoms with Crippen molar-refractivity contribution >= 4 is 16.6 Å². The van der Waals surface area contributed by atoms with Crippen LogP contribution in [0, 0.1) is 0 Å². The lowest BCUT2D eigenvalue weighted by Gasteiger charge is -2.42. The van der Waals surface area contributed by atoms with Gasteiger partial charge in [0.05, 0.1) is 12.2 Å². The number of aliphatic hydroxyl groups is 1. The minimum atomic E-state index is -1.88. The predicted octanol–water partition coefficient (Wildman–Crippen LogP) is 12.1. The molecule has 44 heavy (non-hydrogen) atoms. The summed E-state index contributed by atoms with van der Waals surface area (Å²) in [5.41, 5.74) is 0. The van der Waals surface area contributed by atoms with Crippen LogP contribution >= 0.6 is 0 Å². The smallest absolute Gasteiger partial charge is 0.192 e. The zero-order valence-electron chi connectivity index (χ0n) is 32.4. The first-order chi connectivity index (χ1) is 20.5. The summed E-state index contributed by atoms with van der Waals surface area (Å²) in [7, 11) is -3.77. The van der Waals surface area contributed by atoms with Crippen molar-refractivity contribution in [1.82, 2.24) is 4.90 Å². The third kappa shape index (κ3) is 20.5. The van der Waals surface area contributed by atoms with Crippen LogP contribution in [0.1, 0.15) is 171 Å². The van der Waals surface area contributed by atoms with Crippen molar-refractivity contribution in [3.63, 3.8) is 0 Å². The van der Waals surface area contributed by atoms with Gasteiger partial charge in [0.15, 0.2) is 16.6 Å². The van der Waals surface area contributed by atoms with E-state index in [0.29, 0.717) is 18.8 Å². The van der Waals surface area contributed by atoms with Crippen LogP contribution in [-0.2, 0) is 8.85 Å². The molecular weight excluding hydrogens is 575 g/mol. The molecule has 0 aliphatic carbocycles. The van der Waals surface area contributed by atoms with Crippen molar-refractivity contribution < 1.29 is 14.0 Å². The van der Waals surface area contributed by atoms with Crippen LogP contribution in [0.2, 0.25) is 36.3 Å². The maximum absolute atomic E-state index is 9.33. The van der Waals surface area contributed by atoms with Gasteiger partial charge in [-0.1, -0.05) is 145 Å². The van der Waals surface area contributed by atoms with Crippen LogP contribution in [0.5, 0.6) is 0 Å². The molecule has 0 radical (unpaired) electrons. The number of nitrogens with zero attached hydrogens (tertiary/aromatic N) is 1. The molecule has 0 saturated carbocycles. The summed E-state index contributed by atoms with van der Waals surface area (Å²) in [5.74, 6) is 0. The second-order valence-corrected chi connectivity index (χ2v) is 26.5. The molecule has 0 aromatic carbocycles. The van der Waals surface area contributed by atoms with Gasteiger partial charge in [-0.25, -0.2) is 0 Å². The molecule has 0 rings (SSSR count). The number of unbranched alkanes of at least 4 members (excludes halogenated alkanes) is 13. The molecule has 0 saturated heterocycles. The first-order valence-corrected chi connectivity index (χ1v) is 25.0. The Labute approximate surface area is 280 Å². The van der Waals surface area contributed by atoms with Crippen molar-refractivity contribution in [1.29, 1.82) is 0 Å². The van der Waals surface area contributed by atoms with Crippen LogP contribution in [0.15, 0.2) is 0 Å². The first kappa shape index (κ1) is 44.3. The fourth-order valence-corrected chi connectivity index (χ4v) is 8.26. The maximum atomic E-state index is 9.33. The molecule has 0 amide bonds. The molecular formula is C38H83NO3Si2. The highest BCUT2D eigenvalue weighted by Crippen LogP contribution is 2.39. The molecule has 0 aromatic rings. The Bertz CT molecular complexity index is 622. The third-order valence-corrected chi connectivity index (χ3v) is 19.7.